The summed E-state index contributed by atoms with van der Waals surface area (Å²) in [4.78, 5) is 12.4. The Morgan fingerprint density at radius 2 is 2.50 bits per heavy atom. The van der Waals surface area contributed by atoms with Gasteiger partial charge >= 0.3 is 6.03 Å². The lowest BCUT2D eigenvalue weighted by molar-refractivity contribution is 0.246. The second-order valence-corrected chi connectivity index (χ2v) is 1.46. The first-order chi connectivity index (χ1) is 3.81. The lowest BCUT2D eigenvalue weighted by Crippen LogP contribution is -2.29. The Kier molecular flexibility index (Phi) is 4.19. The van der Waals surface area contributed by atoms with Gasteiger partial charge in [-0.15, -0.1) is 0 Å². The molecule has 2 amide bonds. The molecule has 0 spiro atoms. The predicted molar refractivity (Wildman–Crippen MR) is 30.3 cm³/mol. The van der Waals surface area contributed by atoms with Crippen molar-refractivity contribution in [2.75, 3.05) is 6.26 Å². The molecule has 0 aromatic rings. The normalized spacial score (nSPS) is 8.12. The van der Waals surface area contributed by atoms with E-state index in [-0.39, 0.29) is 0 Å². The average Bonchev–Trinajstić information content (AvgIpc) is 1.83. The summed E-state index contributed by atoms with van der Waals surface area (Å²) in [5.74, 6) is 0. The maximum Gasteiger partial charge on any atom is 0.374 e. The minimum absolute atomic E-state index is 0.695. The molecule has 8 heavy (non-hydrogen) atoms. The van der Waals surface area contributed by atoms with Gasteiger partial charge in [0.05, 0.1) is 0 Å². The SMILES string of the molecule is CSNNC(=O)N=N. The van der Waals surface area contributed by atoms with Crippen LogP contribution in [-0.2, 0) is 0 Å². The molecule has 0 rings (SSSR count). The van der Waals surface area contributed by atoms with E-state index in [1.165, 1.54) is 11.9 Å². The lowest BCUT2D eigenvalue weighted by atomic mass is 11.1. The summed E-state index contributed by atoms with van der Waals surface area (Å²) in [7, 11) is 0. The van der Waals surface area contributed by atoms with E-state index in [4.69, 9.17) is 5.53 Å². The highest BCUT2D eigenvalue weighted by molar-refractivity contribution is 7.96. The summed E-state index contributed by atoms with van der Waals surface area (Å²) >= 11 is 1.22. The first-order valence-corrected chi connectivity index (χ1v) is 2.99. The molecule has 0 saturated heterocycles. The third-order valence-electron chi connectivity index (χ3n) is 0.362. The summed E-state index contributed by atoms with van der Waals surface area (Å²) in [6.07, 6.45) is 1.74. The molecule has 0 atom stereocenters. The van der Waals surface area contributed by atoms with E-state index >= 15 is 0 Å². The van der Waals surface area contributed by atoms with E-state index in [1.807, 2.05) is 0 Å². The van der Waals surface area contributed by atoms with Gasteiger partial charge in [-0.3, -0.25) is 5.43 Å². The molecule has 46 valence electrons. The van der Waals surface area contributed by atoms with Crippen molar-refractivity contribution in [2.45, 2.75) is 0 Å². The van der Waals surface area contributed by atoms with Gasteiger partial charge in [-0.25, -0.2) is 4.79 Å². The van der Waals surface area contributed by atoms with Crippen LogP contribution in [0.3, 0.4) is 0 Å². The number of carbonyl (C=O) groups is 1. The van der Waals surface area contributed by atoms with Crippen LogP contribution in [0, 0.1) is 5.53 Å². The maximum absolute atomic E-state index is 10.0. The van der Waals surface area contributed by atoms with Gasteiger partial charge < -0.3 is 0 Å². The number of urea groups is 1. The van der Waals surface area contributed by atoms with Gasteiger partial charge in [-0.1, -0.05) is 17.1 Å². The van der Waals surface area contributed by atoms with Crippen molar-refractivity contribution < 1.29 is 4.79 Å². The van der Waals surface area contributed by atoms with E-state index in [0.717, 1.165) is 0 Å². The van der Waals surface area contributed by atoms with Crippen LogP contribution in [0.15, 0.2) is 5.11 Å². The zero-order chi connectivity index (χ0) is 6.41. The van der Waals surface area contributed by atoms with Crippen LogP contribution in [0.2, 0.25) is 0 Å². The fourth-order valence-corrected chi connectivity index (χ4v) is 0.312. The first kappa shape index (κ1) is 7.38. The molecule has 0 aliphatic rings. The molecule has 0 aromatic heterocycles. The summed E-state index contributed by atoms with van der Waals surface area (Å²) in [5.41, 5.74) is 8.25. The van der Waals surface area contributed by atoms with Gasteiger partial charge in [0.2, 0.25) is 0 Å². The molecule has 0 fully saturated rings. The number of nitrogens with one attached hydrogen (secondary N) is 3. The quantitative estimate of drug-likeness (QED) is 0.292. The number of nitrogens with zero attached hydrogens (tertiary/aromatic N) is 1. The van der Waals surface area contributed by atoms with Crippen LogP contribution in [0.25, 0.3) is 0 Å². The largest absolute Gasteiger partial charge is 0.374 e. The van der Waals surface area contributed by atoms with Crippen LogP contribution in [0.4, 0.5) is 4.79 Å². The number of rotatable bonds is 2. The Balaban J connectivity index is 3.11. The topological polar surface area (TPSA) is 77.3 Å². The van der Waals surface area contributed by atoms with Gasteiger partial charge in [0, 0.05) is 0 Å². The monoisotopic (exact) mass is 134 g/mol. The second-order valence-electron chi connectivity index (χ2n) is 0.848. The lowest BCUT2D eigenvalue weighted by Gasteiger charge is -1.94. The van der Waals surface area contributed by atoms with E-state index in [2.05, 4.69) is 15.4 Å². The number of amides is 2. The summed E-state index contributed by atoms with van der Waals surface area (Å²) < 4.78 is 0. The summed E-state index contributed by atoms with van der Waals surface area (Å²) in [5, 5.41) is 2.55. The van der Waals surface area contributed by atoms with Crippen LogP contribution < -0.4 is 10.3 Å². The number of carbonyl (C=O) groups excluding carboxylic acids is 1. The Hall–Kier alpha value is -0.620. The Morgan fingerprint density at radius 1 is 1.88 bits per heavy atom. The minimum atomic E-state index is -0.695. The molecule has 6 heteroatoms. The smallest absolute Gasteiger partial charge is 0.260 e. The highest BCUT2D eigenvalue weighted by Crippen LogP contribution is 1.76. The van der Waals surface area contributed by atoms with Crippen molar-refractivity contribution >= 4 is 18.0 Å². The van der Waals surface area contributed by atoms with Gasteiger partial charge in [0.1, 0.15) is 0 Å². The van der Waals surface area contributed by atoms with Crippen molar-refractivity contribution in [1.82, 2.24) is 10.3 Å². The molecular formula is C2H6N4OS. The molecule has 0 saturated carbocycles. The molecule has 0 aliphatic heterocycles. The standard InChI is InChI=1S/C2H6N4OS/c1-8-6-5-2(7)4-3/h3,6H,1H3,(H,5,7). The van der Waals surface area contributed by atoms with Gasteiger partial charge in [-0.2, -0.15) is 10.4 Å². The average molecular weight is 134 g/mol. The van der Waals surface area contributed by atoms with Crippen molar-refractivity contribution in [3.05, 3.63) is 0 Å². The van der Waals surface area contributed by atoms with Gasteiger partial charge in [0.15, 0.2) is 0 Å². The molecule has 0 bridgehead atoms. The van der Waals surface area contributed by atoms with Crippen LogP contribution in [0.5, 0.6) is 0 Å². The second kappa shape index (κ2) is 4.54. The van der Waals surface area contributed by atoms with Crippen LogP contribution in [0.1, 0.15) is 0 Å². The van der Waals surface area contributed by atoms with Crippen molar-refractivity contribution in [1.29, 1.82) is 5.53 Å². The molecule has 0 radical (unpaired) electrons. The van der Waals surface area contributed by atoms with Crippen LogP contribution >= 0.6 is 11.9 Å². The molecular weight excluding hydrogens is 128 g/mol. The minimum Gasteiger partial charge on any atom is -0.260 e. The molecule has 0 unspecified atom stereocenters. The third-order valence-corrected chi connectivity index (χ3v) is 0.668. The number of hydrazine groups is 1. The van der Waals surface area contributed by atoms with Gasteiger partial charge in [-0.05, 0) is 6.26 Å². The molecule has 3 N–H and O–H groups in total. The molecule has 0 heterocycles. The predicted octanol–water partition coefficient (Wildman–Crippen LogP) is 0.510. The number of hydrogen-bond donors (Lipinski definition) is 3. The highest BCUT2D eigenvalue weighted by atomic mass is 32.2. The number of hydrogen-bond acceptors (Lipinski definition) is 4. The van der Waals surface area contributed by atoms with E-state index in [9.17, 15) is 4.79 Å². The summed E-state index contributed by atoms with van der Waals surface area (Å²) in [6.45, 7) is 0. The molecule has 0 aliphatic carbocycles. The zero-order valence-electron chi connectivity index (χ0n) is 4.26. The summed E-state index contributed by atoms with van der Waals surface area (Å²) in [6, 6.07) is -0.695. The van der Waals surface area contributed by atoms with Crippen LogP contribution in [-0.4, -0.2) is 12.3 Å². The van der Waals surface area contributed by atoms with E-state index < -0.39 is 6.03 Å². The Morgan fingerprint density at radius 3 is 2.88 bits per heavy atom. The van der Waals surface area contributed by atoms with Crippen molar-refractivity contribution in [3.8, 4) is 0 Å². The Labute approximate surface area is 50.8 Å². The fraction of sp³-hybridized carbons (Fsp3) is 0.500. The Bertz CT molecular complexity index is 94.0. The highest BCUT2D eigenvalue weighted by Gasteiger charge is 1.89. The van der Waals surface area contributed by atoms with Crippen molar-refractivity contribution in [3.63, 3.8) is 0 Å². The van der Waals surface area contributed by atoms with E-state index in [0.29, 0.717) is 0 Å². The zero-order valence-corrected chi connectivity index (χ0v) is 5.08. The molecule has 5 nitrogen and oxygen atoms in total. The first-order valence-electron chi connectivity index (χ1n) is 1.76. The maximum atomic E-state index is 10.0. The molecule has 0 aromatic carbocycles. The van der Waals surface area contributed by atoms with Crippen molar-refractivity contribution in [2.24, 2.45) is 5.11 Å². The van der Waals surface area contributed by atoms with Gasteiger partial charge in [0.25, 0.3) is 0 Å². The van der Waals surface area contributed by atoms with E-state index in [1.54, 1.807) is 6.26 Å². The third kappa shape index (κ3) is 3.57. The fourth-order valence-electron chi connectivity index (χ4n) is 0.123.